The molecule has 3 aromatic heterocycles. The molecule has 0 atom stereocenters. The van der Waals surface area contributed by atoms with Gasteiger partial charge in [-0.1, -0.05) is 133 Å². The molecule has 3 nitrogen and oxygen atoms in total. The summed E-state index contributed by atoms with van der Waals surface area (Å²) in [6.07, 6.45) is 0. The second kappa shape index (κ2) is 13.3. The molecule has 0 aliphatic heterocycles. The predicted molar refractivity (Wildman–Crippen MR) is 235 cm³/mol. The standard InChI is InChI=1S/C52H32N2OS/c1-3-11-33(12-4-1)39-27-40(37-24-26-51-45(30-37)44-16-8-10-18-50(44)56-51)29-41(28-39)47-32-46(53-52(54-47)36-13-5-2-6-14-36)35-21-19-34(20-22-35)38-23-25-43-42-15-7-9-17-48(42)55-49(43)31-38/h1-32H. The van der Waals surface area contributed by atoms with Gasteiger partial charge in [-0.25, -0.2) is 9.97 Å². The van der Waals surface area contributed by atoms with Crippen molar-refractivity contribution in [3.63, 3.8) is 0 Å². The number of benzene rings is 8. The Labute approximate surface area is 327 Å². The number of fused-ring (bicyclic) bond motifs is 6. The number of para-hydroxylation sites is 1. The minimum Gasteiger partial charge on any atom is -0.456 e. The zero-order valence-electron chi connectivity index (χ0n) is 30.2. The molecule has 0 saturated heterocycles. The van der Waals surface area contributed by atoms with Crippen LogP contribution in [0.2, 0.25) is 0 Å². The first-order chi connectivity index (χ1) is 27.7. The third-order valence-corrected chi connectivity index (χ3v) is 11.8. The van der Waals surface area contributed by atoms with Crippen molar-refractivity contribution in [1.29, 1.82) is 0 Å². The summed E-state index contributed by atoms with van der Waals surface area (Å²) in [4.78, 5) is 10.4. The number of furan rings is 1. The summed E-state index contributed by atoms with van der Waals surface area (Å²) in [6, 6.07) is 68.7. The number of aromatic nitrogens is 2. The van der Waals surface area contributed by atoms with Crippen molar-refractivity contribution in [2.45, 2.75) is 0 Å². The molecular weight excluding hydrogens is 701 g/mol. The number of hydrogen-bond acceptors (Lipinski definition) is 4. The number of nitrogens with zero attached hydrogens (tertiary/aromatic N) is 2. The van der Waals surface area contributed by atoms with Crippen molar-refractivity contribution in [2.24, 2.45) is 0 Å². The van der Waals surface area contributed by atoms with E-state index < -0.39 is 0 Å². The molecule has 3 heterocycles. The average molecular weight is 733 g/mol. The third kappa shape index (κ3) is 5.76. The van der Waals surface area contributed by atoms with E-state index in [4.69, 9.17) is 14.4 Å². The van der Waals surface area contributed by atoms with Crippen LogP contribution in [0, 0.1) is 0 Å². The van der Waals surface area contributed by atoms with Crippen molar-refractivity contribution >= 4 is 53.4 Å². The van der Waals surface area contributed by atoms with Gasteiger partial charge in [0.15, 0.2) is 5.82 Å². The molecule has 0 aliphatic rings. The number of hydrogen-bond donors (Lipinski definition) is 0. The Bertz CT molecular complexity index is 3240. The summed E-state index contributed by atoms with van der Waals surface area (Å²) >= 11 is 1.84. The highest BCUT2D eigenvalue weighted by atomic mass is 32.1. The van der Waals surface area contributed by atoms with Crippen LogP contribution >= 0.6 is 11.3 Å². The van der Waals surface area contributed by atoms with E-state index in [9.17, 15) is 0 Å². The fourth-order valence-electron chi connectivity index (χ4n) is 7.84. The molecule has 0 bridgehead atoms. The van der Waals surface area contributed by atoms with Gasteiger partial charge in [-0.05, 0) is 94.0 Å². The molecule has 262 valence electrons. The molecule has 0 radical (unpaired) electrons. The Hall–Kier alpha value is -7.14. The van der Waals surface area contributed by atoms with E-state index in [1.807, 2.05) is 41.7 Å². The largest absolute Gasteiger partial charge is 0.456 e. The summed E-state index contributed by atoms with van der Waals surface area (Å²) in [7, 11) is 0. The van der Waals surface area contributed by atoms with Crippen LogP contribution in [0.3, 0.4) is 0 Å². The zero-order valence-corrected chi connectivity index (χ0v) is 31.0. The van der Waals surface area contributed by atoms with E-state index in [1.54, 1.807) is 0 Å². The lowest BCUT2D eigenvalue weighted by Crippen LogP contribution is -1.96. The summed E-state index contributed by atoms with van der Waals surface area (Å²) in [5.74, 6) is 0.690. The van der Waals surface area contributed by atoms with Crippen LogP contribution in [0.5, 0.6) is 0 Å². The summed E-state index contributed by atoms with van der Waals surface area (Å²) in [5.41, 5.74) is 13.4. The maximum atomic E-state index is 6.21. The minimum atomic E-state index is 0.690. The van der Waals surface area contributed by atoms with Crippen LogP contribution in [0.4, 0.5) is 0 Å². The molecule has 4 heteroatoms. The van der Waals surface area contributed by atoms with Crippen LogP contribution in [0.25, 0.3) is 109 Å². The van der Waals surface area contributed by atoms with Crippen LogP contribution in [-0.2, 0) is 0 Å². The Balaban J connectivity index is 1.04. The average Bonchev–Trinajstić information content (AvgIpc) is 3.84. The molecule has 0 amide bonds. The lowest BCUT2D eigenvalue weighted by atomic mass is 9.94. The second-order valence-corrected chi connectivity index (χ2v) is 15.3. The van der Waals surface area contributed by atoms with Crippen LogP contribution in [0.1, 0.15) is 0 Å². The molecule has 0 fully saturated rings. The summed E-state index contributed by atoms with van der Waals surface area (Å²) in [6.45, 7) is 0. The SMILES string of the molecule is c1ccc(-c2cc(-c3ccc4sc5ccccc5c4c3)cc(-c3cc(-c4ccc(-c5ccc6c(c5)oc5ccccc56)cc4)nc(-c4ccccc4)n3)c2)cc1. The monoisotopic (exact) mass is 732 g/mol. The molecule has 0 aliphatic carbocycles. The number of rotatable bonds is 6. The molecule has 11 rings (SSSR count). The molecule has 11 aromatic rings. The third-order valence-electron chi connectivity index (χ3n) is 10.7. The predicted octanol–water partition coefficient (Wildman–Crippen LogP) is 14.7. The summed E-state index contributed by atoms with van der Waals surface area (Å²) < 4.78 is 8.81. The fraction of sp³-hybridized carbons (Fsp3) is 0. The van der Waals surface area contributed by atoms with E-state index in [-0.39, 0.29) is 0 Å². The molecule has 56 heavy (non-hydrogen) atoms. The lowest BCUT2D eigenvalue weighted by Gasteiger charge is -2.13. The Kier molecular flexibility index (Phi) is 7.68. The van der Waals surface area contributed by atoms with E-state index in [2.05, 4.69) is 164 Å². The summed E-state index contributed by atoms with van der Waals surface area (Å²) in [5, 5.41) is 4.84. The van der Waals surface area contributed by atoms with Crippen molar-refractivity contribution in [3.8, 4) is 67.3 Å². The van der Waals surface area contributed by atoms with Gasteiger partial charge in [-0.3, -0.25) is 0 Å². The highest BCUT2D eigenvalue weighted by Gasteiger charge is 2.15. The van der Waals surface area contributed by atoms with Gasteiger partial charge < -0.3 is 4.42 Å². The van der Waals surface area contributed by atoms with Gasteiger partial charge in [0, 0.05) is 47.6 Å². The quantitative estimate of drug-likeness (QED) is 0.171. The van der Waals surface area contributed by atoms with Crippen molar-refractivity contribution < 1.29 is 4.42 Å². The molecule has 0 spiro atoms. The van der Waals surface area contributed by atoms with Crippen LogP contribution in [-0.4, -0.2) is 9.97 Å². The van der Waals surface area contributed by atoms with Crippen molar-refractivity contribution in [2.75, 3.05) is 0 Å². The first-order valence-corrected chi connectivity index (χ1v) is 19.6. The van der Waals surface area contributed by atoms with Gasteiger partial charge in [0.2, 0.25) is 0 Å². The van der Waals surface area contributed by atoms with E-state index >= 15 is 0 Å². The minimum absolute atomic E-state index is 0.690. The molecule has 0 unspecified atom stereocenters. The van der Waals surface area contributed by atoms with Gasteiger partial charge in [0.25, 0.3) is 0 Å². The topological polar surface area (TPSA) is 38.9 Å². The van der Waals surface area contributed by atoms with Crippen LogP contribution in [0.15, 0.2) is 199 Å². The zero-order chi connectivity index (χ0) is 37.0. The smallest absolute Gasteiger partial charge is 0.160 e. The fourth-order valence-corrected chi connectivity index (χ4v) is 8.93. The van der Waals surface area contributed by atoms with E-state index in [1.165, 1.54) is 25.7 Å². The molecule has 0 N–H and O–H groups in total. The van der Waals surface area contributed by atoms with Crippen LogP contribution < -0.4 is 0 Å². The Morgan fingerprint density at radius 1 is 0.304 bits per heavy atom. The Morgan fingerprint density at radius 2 is 0.839 bits per heavy atom. The number of thiophene rings is 1. The van der Waals surface area contributed by atoms with Gasteiger partial charge in [-0.2, -0.15) is 0 Å². The lowest BCUT2D eigenvalue weighted by molar-refractivity contribution is 0.669. The normalized spacial score (nSPS) is 11.6. The molecular formula is C52H32N2OS. The van der Waals surface area contributed by atoms with E-state index in [0.717, 1.165) is 77.8 Å². The Morgan fingerprint density at radius 3 is 1.64 bits per heavy atom. The van der Waals surface area contributed by atoms with Gasteiger partial charge in [0.05, 0.1) is 11.4 Å². The van der Waals surface area contributed by atoms with Gasteiger partial charge >= 0.3 is 0 Å². The highest BCUT2D eigenvalue weighted by molar-refractivity contribution is 7.25. The van der Waals surface area contributed by atoms with Crippen molar-refractivity contribution in [3.05, 3.63) is 194 Å². The van der Waals surface area contributed by atoms with Gasteiger partial charge in [-0.15, -0.1) is 11.3 Å². The van der Waals surface area contributed by atoms with Gasteiger partial charge in [0.1, 0.15) is 11.2 Å². The first-order valence-electron chi connectivity index (χ1n) is 18.8. The molecule has 8 aromatic carbocycles. The second-order valence-electron chi connectivity index (χ2n) is 14.2. The van der Waals surface area contributed by atoms with Crippen molar-refractivity contribution in [1.82, 2.24) is 9.97 Å². The maximum absolute atomic E-state index is 6.21. The highest BCUT2D eigenvalue weighted by Crippen LogP contribution is 2.39. The van der Waals surface area contributed by atoms with E-state index in [0.29, 0.717) is 5.82 Å². The first kappa shape index (κ1) is 32.3. The maximum Gasteiger partial charge on any atom is 0.160 e. The molecule has 0 saturated carbocycles.